The molecular weight excluding hydrogens is 596 g/mol. The molecule has 0 aliphatic heterocycles. The number of benzene rings is 2. The fraction of sp³-hybridized carbons (Fsp3) is 0.400. The monoisotopic (exact) mass is 632 g/mol. The number of halogens is 1. The lowest BCUT2D eigenvalue weighted by molar-refractivity contribution is -0.141. The van der Waals surface area contributed by atoms with Gasteiger partial charge in [0.2, 0.25) is 23.6 Å². The van der Waals surface area contributed by atoms with Crippen molar-refractivity contribution in [1.29, 1.82) is 0 Å². The van der Waals surface area contributed by atoms with Gasteiger partial charge in [0.05, 0.1) is 19.6 Å². The summed E-state index contributed by atoms with van der Waals surface area (Å²) in [6, 6.07) is 9.35. The summed E-state index contributed by atoms with van der Waals surface area (Å²) in [4.78, 5) is 74.3. The van der Waals surface area contributed by atoms with E-state index in [4.69, 9.17) is 16.3 Å². The van der Waals surface area contributed by atoms with Crippen LogP contribution in [0.1, 0.15) is 38.3 Å². The molecular formula is C30H37ClN4O9. The number of Topliss-reactive ketones (excluding diaryl/α,β-unsaturated/α-hetero) is 1. The van der Waals surface area contributed by atoms with Crippen molar-refractivity contribution in [1.82, 2.24) is 21.3 Å². The maximum absolute atomic E-state index is 13.1. The van der Waals surface area contributed by atoms with E-state index < -0.39 is 79.0 Å². The highest BCUT2D eigenvalue weighted by molar-refractivity contribution is 6.31. The predicted octanol–water partition coefficient (Wildman–Crippen LogP) is 1.10. The molecule has 2 aromatic carbocycles. The minimum atomic E-state index is -1.41. The van der Waals surface area contributed by atoms with Crippen LogP contribution in [0.5, 0.6) is 5.75 Å². The Morgan fingerprint density at radius 3 is 2.14 bits per heavy atom. The second-order valence-electron chi connectivity index (χ2n) is 10.3. The number of hydrogen-bond donors (Lipinski definition) is 6. The Hall–Kier alpha value is -4.49. The maximum atomic E-state index is 13.1. The minimum absolute atomic E-state index is 0.00471. The number of carboxylic acid groups (broad SMARTS) is 1. The number of ether oxygens (including phenoxy) is 1. The van der Waals surface area contributed by atoms with Crippen LogP contribution in [-0.4, -0.2) is 76.9 Å². The van der Waals surface area contributed by atoms with E-state index in [0.29, 0.717) is 16.1 Å². The van der Waals surface area contributed by atoms with Crippen molar-refractivity contribution in [3.63, 3.8) is 0 Å². The number of ketones is 1. The van der Waals surface area contributed by atoms with Gasteiger partial charge in [-0.2, -0.15) is 0 Å². The van der Waals surface area contributed by atoms with Crippen molar-refractivity contribution in [3.05, 3.63) is 64.7 Å². The molecule has 4 amide bonds. The molecule has 0 bridgehead atoms. The van der Waals surface area contributed by atoms with Crippen LogP contribution in [0, 0.1) is 5.92 Å². The highest BCUT2D eigenvalue weighted by Gasteiger charge is 2.29. The van der Waals surface area contributed by atoms with E-state index in [2.05, 4.69) is 21.3 Å². The number of phenols is 1. The second-order valence-corrected chi connectivity index (χ2v) is 10.7. The number of phenolic OH excluding ortho intramolecular Hbond substituents is 1. The highest BCUT2D eigenvalue weighted by Crippen LogP contribution is 2.16. The summed E-state index contributed by atoms with van der Waals surface area (Å²) in [5.74, 6) is -5.06. The molecule has 14 heteroatoms. The molecule has 2 rings (SSSR count). The van der Waals surface area contributed by atoms with Crippen molar-refractivity contribution in [2.75, 3.05) is 13.2 Å². The van der Waals surface area contributed by atoms with Crippen molar-refractivity contribution in [2.45, 2.75) is 58.3 Å². The van der Waals surface area contributed by atoms with Crippen molar-refractivity contribution in [2.24, 2.45) is 5.92 Å². The number of nitrogens with one attached hydrogen (secondary N) is 4. The molecule has 0 fully saturated rings. The van der Waals surface area contributed by atoms with Crippen molar-refractivity contribution in [3.8, 4) is 5.75 Å². The largest absolute Gasteiger partial charge is 0.508 e. The van der Waals surface area contributed by atoms with Gasteiger partial charge in [0.1, 0.15) is 30.5 Å². The molecule has 0 radical (unpaired) electrons. The molecule has 6 N–H and O–H groups in total. The van der Waals surface area contributed by atoms with Gasteiger partial charge in [0, 0.05) is 18.4 Å². The van der Waals surface area contributed by atoms with Gasteiger partial charge in [-0.15, -0.1) is 0 Å². The van der Waals surface area contributed by atoms with Gasteiger partial charge in [-0.25, -0.2) is 0 Å². The summed E-state index contributed by atoms with van der Waals surface area (Å²) < 4.78 is 5.36. The molecule has 0 aliphatic rings. The third-order valence-electron chi connectivity index (χ3n) is 6.30. The van der Waals surface area contributed by atoms with Crippen LogP contribution in [0.2, 0.25) is 5.02 Å². The molecule has 0 saturated carbocycles. The second kappa shape index (κ2) is 17.6. The lowest BCUT2D eigenvalue weighted by Gasteiger charge is -2.25. The third-order valence-corrected chi connectivity index (χ3v) is 6.67. The molecule has 2 aromatic rings. The highest BCUT2D eigenvalue weighted by atomic mass is 35.5. The maximum Gasteiger partial charge on any atom is 0.305 e. The lowest BCUT2D eigenvalue weighted by atomic mass is 10.0. The molecule has 44 heavy (non-hydrogen) atoms. The van der Waals surface area contributed by atoms with E-state index in [-0.39, 0.29) is 18.8 Å². The van der Waals surface area contributed by atoms with Crippen molar-refractivity contribution < 1.29 is 43.7 Å². The van der Waals surface area contributed by atoms with Gasteiger partial charge in [-0.3, -0.25) is 28.8 Å². The summed E-state index contributed by atoms with van der Waals surface area (Å²) in [5.41, 5.74) is 1.28. The number of hydrogen-bond acceptors (Lipinski definition) is 8. The van der Waals surface area contributed by atoms with Crippen LogP contribution in [0.4, 0.5) is 0 Å². The quantitative estimate of drug-likeness (QED) is 0.148. The fourth-order valence-electron chi connectivity index (χ4n) is 4.03. The Kier molecular flexibility index (Phi) is 14.3. The van der Waals surface area contributed by atoms with Gasteiger partial charge >= 0.3 is 5.97 Å². The van der Waals surface area contributed by atoms with Gasteiger partial charge in [0.15, 0.2) is 5.78 Å². The normalized spacial score (nSPS) is 12.8. The summed E-state index contributed by atoms with van der Waals surface area (Å²) in [6.07, 6.45) is -0.619. The zero-order chi connectivity index (χ0) is 32.8. The van der Waals surface area contributed by atoms with Crippen molar-refractivity contribution >= 4 is 47.0 Å². The molecule has 13 nitrogen and oxygen atoms in total. The number of carbonyl (C=O) groups excluding carboxylic acids is 5. The first-order valence-electron chi connectivity index (χ1n) is 13.7. The first-order valence-corrected chi connectivity index (χ1v) is 14.1. The van der Waals surface area contributed by atoms with Crippen LogP contribution in [0.25, 0.3) is 0 Å². The molecule has 0 spiro atoms. The van der Waals surface area contributed by atoms with Crippen LogP contribution >= 0.6 is 11.6 Å². The number of carboxylic acids is 1. The van der Waals surface area contributed by atoms with E-state index in [0.717, 1.165) is 0 Å². The van der Waals surface area contributed by atoms with E-state index in [1.807, 2.05) is 0 Å². The Bertz CT molecular complexity index is 1330. The summed E-state index contributed by atoms with van der Waals surface area (Å²) >= 11 is 6.06. The van der Waals surface area contributed by atoms with Gasteiger partial charge in [-0.1, -0.05) is 55.8 Å². The SMILES string of the molecule is CC(=O)N[C@@H](Cc1ccc(O)cc1)C(=O)N[C@H](C(=O)NCC(=O)N[C@@H](CC(=O)O)C(=O)COCc1ccccc1Cl)C(C)C. The number of carbonyl (C=O) groups is 6. The zero-order valence-corrected chi connectivity index (χ0v) is 25.3. The van der Waals surface area contributed by atoms with E-state index in [1.165, 1.54) is 19.1 Å². The molecule has 0 heterocycles. The molecule has 238 valence electrons. The van der Waals surface area contributed by atoms with Crippen LogP contribution in [-0.2, 0) is 46.5 Å². The standard InChI is InChI=1S/C30H37ClN4O9/c1-17(2)28(35-29(42)24(33-18(3)36)12-19-8-10-21(37)11-9-19)30(43)32-14-26(39)34-23(13-27(40)41)25(38)16-44-15-20-6-4-5-7-22(20)31/h4-11,17,23-24,28,37H,12-16H2,1-3H3,(H,32,43)(H,33,36)(H,34,39)(H,35,42)(H,40,41)/t23-,24-,28-/m0/s1. The van der Waals surface area contributed by atoms with E-state index >= 15 is 0 Å². The van der Waals surface area contributed by atoms with Gasteiger partial charge < -0.3 is 36.2 Å². The van der Waals surface area contributed by atoms with Gasteiger partial charge in [0.25, 0.3) is 0 Å². The molecule has 0 unspecified atom stereocenters. The molecule has 0 aliphatic carbocycles. The number of aromatic hydroxyl groups is 1. The number of rotatable bonds is 17. The van der Waals surface area contributed by atoms with E-state index in [1.54, 1.807) is 50.2 Å². The van der Waals surface area contributed by atoms with Crippen LogP contribution in [0.3, 0.4) is 0 Å². The fourth-order valence-corrected chi connectivity index (χ4v) is 4.22. The Balaban J connectivity index is 1.97. The molecule has 3 atom stereocenters. The molecule has 0 aromatic heterocycles. The Labute approximate surface area is 259 Å². The molecule has 0 saturated heterocycles. The summed E-state index contributed by atoms with van der Waals surface area (Å²) in [6.45, 7) is 3.48. The average Bonchev–Trinajstić information content (AvgIpc) is 2.95. The first-order chi connectivity index (χ1) is 20.8. The number of amides is 4. The minimum Gasteiger partial charge on any atom is -0.508 e. The Morgan fingerprint density at radius 2 is 1.55 bits per heavy atom. The Morgan fingerprint density at radius 1 is 0.886 bits per heavy atom. The summed E-state index contributed by atoms with van der Waals surface area (Å²) in [7, 11) is 0. The zero-order valence-electron chi connectivity index (χ0n) is 24.6. The third kappa shape index (κ3) is 12.4. The average molecular weight is 633 g/mol. The topological polar surface area (TPSA) is 200 Å². The van der Waals surface area contributed by atoms with Crippen LogP contribution in [0.15, 0.2) is 48.5 Å². The first kappa shape index (κ1) is 35.7. The smallest absolute Gasteiger partial charge is 0.305 e. The van der Waals surface area contributed by atoms with Gasteiger partial charge in [-0.05, 0) is 35.2 Å². The summed E-state index contributed by atoms with van der Waals surface area (Å²) in [5, 5.41) is 29.0. The van der Waals surface area contributed by atoms with Crippen LogP contribution < -0.4 is 21.3 Å². The number of aliphatic carboxylic acids is 1. The lowest BCUT2D eigenvalue weighted by Crippen LogP contribution is -2.57. The predicted molar refractivity (Wildman–Crippen MR) is 159 cm³/mol. The van der Waals surface area contributed by atoms with E-state index in [9.17, 15) is 39.0 Å².